The standard InChI is InChI=1S/C13H23NO3/c1-10(16-8-11-4-5-11)12(15)14-6-7-17-13(2,3)9-14/h10-11H,4-9H2,1-3H3/t10-/m1/s1. The summed E-state index contributed by atoms with van der Waals surface area (Å²) in [5.41, 5.74) is -0.232. The fourth-order valence-corrected chi connectivity index (χ4v) is 2.10. The zero-order valence-electron chi connectivity index (χ0n) is 11.1. The summed E-state index contributed by atoms with van der Waals surface area (Å²) < 4.78 is 11.2. The monoisotopic (exact) mass is 241 g/mol. The first-order valence-corrected chi connectivity index (χ1v) is 6.52. The smallest absolute Gasteiger partial charge is 0.251 e. The van der Waals surface area contributed by atoms with E-state index in [1.165, 1.54) is 12.8 Å². The van der Waals surface area contributed by atoms with Gasteiger partial charge in [0.05, 0.1) is 18.8 Å². The lowest BCUT2D eigenvalue weighted by atomic mass is 10.1. The molecule has 0 unspecified atom stereocenters. The van der Waals surface area contributed by atoms with E-state index in [0.717, 1.165) is 6.61 Å². The molecule has 1 saturated carbocycles. The summed E-state index contributed by atoms with van der Waals surface area (Å²) >= 11 is 0. The number of amides is 1. The van der Waals surface area contributed by atoms with E-state index in [-0.39, 0.29) is 17.6 Å². The fourth-order valence-electron chi connectivity index (χ4n) is 2.10. The van der Waals surface area contributed by atoms with Gasteiger partial charge in [-0.2, -0.15) is 0 Å². The van der Waals surface area contributed by atoms with Gasteiger partial charge in [-0.3, -0.25) is 4.79 Å². The highest BCUT2D eigenvalue weighted by molar-refractivity contribution is 5.80. The molecule has 1 amide bonds. The molecule has 2 aliphatic rings. The Balaban J connectivity index is 1.80. The topological polar surface area (TPSA) is 38.8 Å². The number of carbonyl (C=O) groups excluding carboxylic acids is 1. The van der Waals surface area contributed by atoms with Crippen molar-refractivity contribution in [3.63, 3.8) is 0 Å². The molecule has 0 radical (unpaired) electrons. The van der Waals surface area contributed by atoms with Crippen molar-refractivity contribution in [1.29, 1.82) is 0 Å². The van der Waals surface area contributed by atoms with E-state index in [1.54, 1.807) is 0 Å². The maximum Gasteiger partial charge on any atom is 0.251 e. The Morgan fingerprint density at radius 1 is 1.53 bits per heavy atom. The van der Waals surface area contributed by atoms with Crippen molar-refractivity contribution in [2.75, 3.05) is 26.3 Å². The molecule has 17 heavy (non-hydrogen) atoms. The Morgan fingerprint density at radius 2 is 2.24 bits per heavy atom. The SMILES string of the molecule is C[C@@H](OCC1CC1)C(=O)N1CCOC(C)(C)C1. The minimum atomic E-state index is -0.315. The van der Waals surface area contributed by atoms with Gasteiger partial charge in [-0.1, -0.05) is 0 Å². The highest BCUT2D eigenvalue weighted by atomic mass is 16.5. The highest BCUT2D eigenvalue weighted by Gasteiger charge is 2.32. The summed E-state index contributed by atoms with van der Waals surface area (Å²) in [5.74, 6) is 0.799. The number of carbonyl (C=O) groups is 1. The van der Waals surface area contributed by atoms with Crippen LogP contribution >= 0.6 is 0 Å². The van der Waals surface area contributed by atoms with E-state index >= 15 is 0 Å². The predicted octanol–water partition coefficient (Wildman–Crippen LogP) is 1.44. The van der Waals surface area contributed by atoms with Gasteiger partial charge in [-0.15, -0.1) is 0 Å². The molecule has 2 fully saturated rings. The van der Waals surface area contributed by atoms with Gasteiger partial charge in [0.1, 0.15) is 6.10 Å². The second kappa shape index (κ2) is 4.94. The summed E-state index contributed by atoms with van der Waals surface area (Å²) in [6, 6.07) is 0. The molecule has 2 rings (SSSR count). The molecular weight excluding hydrogens is 218 g/mol. The summed E-state index contributed by atoms with van der Waals surface area (Å²) in [6.45, 7) is 8.58. The predicted molar refractivity (Wildman–Crippen MR) is 64.7 cm³/mol. The second-order valence-corrected chi connectivity index (χ2v) is 5.79. The van der Waals surface area contributed by atoms with Gasteiger partial charge < -0.3 is 14.4 Å². The van der Waals surface area contributed by atoms with E-state index in [4.69, 9.17) is 9.47 Å². The number of ether oxygens (including phenoxy) is 2. The van der Waals surface area contributed by atoms with Gasteiger partial charge in [0.2, 0.25) is 0 Å². The van der Waals surface area contributed by atoms with Crippen LogP contribution in [0.2, 0.25) is 0 Å². The molecule has 1 atom stereocenters. The number of morpholine rings is 1. The molecule has 0 aromatic heterocycles. The average Bonchev–Trinajstić information content (AvgIpc) is 3.07. The van der Waals surface area contributed by atoms with Crippen LogP contribution < -0.4 is 0 Å². The second-order valence-electron chi connectivity index (χ2n) is 5.79. The molecule has 1 saturated heterocycles. The van der Waals surface area contributed by atoms with Gasteiger partial charge >= 0.3 is 0 Å². The Hall–Kier alpha value is -0.610. The molecule has 98 valence electrons. The van der Waals surface area contributed by atoms with Crippen molar-refractivity contribution >= 4 is 5.91 Å². The molecule has 0 N–H and O–H groups in total. The van der Waals surface area contributed by atoms with Crippen molar-refractivity contribution in [3.8, 4) is 0 Å². The quantitative estimate of drug-likeness (QED) is 0.747. The van der Waals surface area contributed by atoms with Crippen LogP contribution in [-0.4, -0.2) is 48.8 Å². The van der Waals surface area contributed by atoms with Gasteiger partial charge in [-0.05, 0) is 39.5 Å². The normalized spacial score (nSPS) is 25.7. The van der Waals surface area contributed by atoms with Crippen molar-refractivity contribution in [2.45, 2.75) is 45.3 Å². The number of nitrogens with zero attached hydrogens (tertiary/aromatic N) is 1. The van der Waals surface area contributed by atoms with Crippen LogP contribution in [0.15, 0.2) is 0 Å². The van der Waals surface area contributed by atoms with Crippen molar-refractivity contribution in [2.24, 2.45) is 5.92 Å². The van der Waals surface area contributed by atoms with Crippen LogP contribution in [0, 0.1) is 5.92 Å². The first-order chi connectivity index (χ1) is 7.98. The highest BCUT2D eigenvalue weighted by Crippen LogP contribution is 2.29. The molecular formula is C13H23NO3. The first-order valence-electron chi connectivity index (χ1n) is 6.52. The molecule has 1 heterocycles. The summed E-state index contributed by atoms with van der Waals surface area (Å²) in [5, 5.41) is 0. The lowest BCUT2D eigenvalue weighted by molar-refractivity contribution is -0.156. The Morgan fingerprint density at radius 3 is 2.82 bits per heavy atom. The van der Waals surface area contributed by atoms with Crippen LogP contribution in [0.3, 0.4) is 0 Å². The van der Waals surface area contributed by atoms with Gasteiger partial charge in [-0.25, -0.2) is 0 Å². The molecule has 1 aliphatic heterocycles. The Labute approximate surface area is 103 Å². The largest absolute Gasteiger partial charge is 0.372 e. The molecule has 0 spiro atoms. The van der Waals surface area contributed by atoms with Crippen molar-refractivity contribution < 1.29 is 14.3 Å². The van der Waals surface area contributed by atoms with Crippen LogP contribution in [0.4, 0.5) is 0 Å². The van der Waals surface area contributed by atoms with E-state index in [2.05, 4.69) is 0 Å². The van der Waals surface area contributed by atoms with Crippen LogP contribution in [0.5, 0.6) is 0 Å². The summed E-state index contributed by atoms with van der Waals surface area (Å²) in [6.07, 6.45) is 2.20. The zero-order valence-corrected chi connectivity index (χ0v) is 11.1. The molecule has 4 heteroatoms. The van der Waals surface area contributed by atoms with E-state index in [1.807, 2.05) is 25.7 Å². The maximum absolute atomic E-state index is 12.2. The van der Waals surface area contributed by atoms with E-state index in [9.17, 15) is 4.79 Å². The molecule has 0 aromatic rings. The third-order valence-electron chi connectivity index (χ3n) is 3.36. The minimum absolute atomic E-state index is 0.0991. The average molecular weight is 241 g/mol. The third kappa shape index (κ3) is 3.68. The molecule has 0 bridgehead atoms. The lowest BCUT2D eigenvalue weighted by Gasteiger charge is -2.39. The van der Waals surface area contributed by atoms with Gasteiger partial charge in [0.15, 0.2) is 0 Å². The van der Waals surface area contributed by atoms with E-state index in [0.29, 0.717) is 25.6 Å². The molecule has 1 aliphatic carbocycles. The minimum Gasteiger partial charge on any atom is -0.372 e. The zero-order chi connectivity index (χ0) is 12.5. The summed E-state index contributed by atoms with van der Waals surface area (Å²) in [7, 11) is 0. The number of hydrogen-bond acceptors (Lipinski definition) is 3. The number of rotatable bonds is 4. The van der Waals surface area contributed by atoms with Gasteiger partial charge in [0, 0.05) is 13.1 Å². The van der Waals surface area contributed by atoms with Crippen LogP contribution in [0.25, 0.3) is 0 Å². The maximum atomic E-state index is 12.2. The Bertz CT molecular complexity index is 286. The van der Waals surface area contributed by atoms with Crippen LogP contribution in [0.1, 0.15) is 33.6 Å². The Kier molecular flexibility index (Phi) is 3.73. The van der Waals surface area contributed by atoms with Crippen molar-refractivity contribution in [3.05, 3.63) is 0 Å². The first kappa shape index (κ1) is 12.8. The van der Waals surface area contributed by atoms with Crippen molar-refractivity contribution in [1.82, 2.24) is 4.90 Å². The van der Waals surface area contributed by atoms with Gasteiger partial charge in [0.25, 0.3) is 5.91 Å². The van der Waals surface area contributed by atoms with Crippen LogP contribution in [-0.2, 0) is 14.3 Å². The summed E-state index contributed by atoms with van der Waals surface area (Å²) in [4.78, 5) is 14.0. The fraction of sp³-hybridized carbons (Fsp3) is 0.923. The third-order valence-corrected chi connectivity index (χ3v) is 3.36. The molecule has 4 nitrogen and oxygen atoms in total. The van der Waals surface area contributed by atoms with E-state index < -0.39 is 0 Å². The lowest BCUT2D eigenvalue weighted by Crippen LogP contribution is -2.53. The molecule has 0 aromatic carbocycles. The number of hydrogen-bond donors (Lipinski definition) is 0.